The maximum atomic E-state index is 9.09. The van der Waals surface area contributed by atoms with E-state index in [1.165, 1.54) is 44.7 Å². The third kappa shape index (κ3) is 6.95. The van der Waals surface area contributed by atoms with Crippen molar-refractivity contribution in [1.82, 2.24) is 10.3 Å². The van der Waals surface area contributed by atoms with E-state index < -0.39 is 0 Å². The summed E-state index contributed by atoms with van der Waals surface area (Å²) in [7, 11) is 0. The number of nitrogens with one attached hydrogen (secondary N) is 1. The third-order valence-electron chi connectivity index (χ3n) is 2.82. The van der Waals surface area contributed by atoms with Crippen molar-refractivity contribution >= 4 is 0 Å². The zero-order valence-corrected chi connectivity index (χ0v) is 10.8. The van der Waals surface area contributed by atoms with Gasteiger partial charge in [-0.15, -0.1) is 0 Å². The van der Waals surface area contributed by atoms with Gasteiger partial charge < -0.3 is 10.4 Å². The standard InChI is InChI=1S/C14H24N2O/c1-2-3-4-5-6-7-10-15-11-13-8-9-14(17)12-16-13/h8-9,12,15,17H,2-7,10-11H2,1H3. The molecule has 0 atom stereocenters. The molecule has 2 N–H and O–H groups in total. The Bertz CT molecular complexity index is 285. The maximum Gasteiger partial charge on any atom is 0.133 e. The fourth-order valence-electron chi connectivity index (χ4n) is 1.77. The van der Waals surface area contributed by atoms with Crippen LogP contribution < -0.4 is 5.32 Å². The number of aromatic hydroxyl groups is 1. The van der Waals surface area contributed by atoms with Crippen LogP contribution in [0.2, 0.25) is 0 Å². The summed E-state index contributed by atoms with van der Waals surface area (Å²) in [5.41, 5.74) is 0.980. The second kappa shape index (κ2) is 8.99. The van der Waals surface area contributed by atoms with Crippen molar-refractivity contribution in [2.45, 2.75) is 52.0 Å². The average Bonchev–Trinajstić information content (AvgIpc) is 2.35. The fourth-order valence-corrected chi connectivity index (χ4v) is 1.77. The summed E-state index contributed by atoms with van der Waals surface area (Å²) in [6.45, 7) is 4.08. The first-order chi connectivity index (χ1) is 8.33. The van der Waals surface area contributed by atoms with Gasteiger partial charge in [-0.25, -0.2) is 0 Å². The Labute approximate surface area is 104 Å². The molecule has 0 aliphatic rings. The minimum atomic E-state index is 0.227. The van der Waals surface area contributed by atoms with Crippen molar-refractivity contribution in [2.24, 2.45) is 0 Å². The molecule has 3 nitrogen and oxygen atoms in total. The van der Waals surface area contributed by atoms with E-state index in [2.05, 4.69) is 17.2 Å². The molecule has 0 spiro atoms. The summed E-state index contributed by atoms with van der Waals surface area (Å²) >= 11 is 0. The van der Waals surface area contributed by atoms with Crippen LogP contribution in [0.1, 0.15) is 51.1 Å². The maximum absolute atomic E-state index is 9.09. The van der Waals surface area contributed by atoms with Crippen LogP contribution in [0.25, 0.3) is 0 Å². The minimum Gasteiger partial charge on any atom is -0.506 e. The third-order valence-corrected chi connectivity index (χ3v) is 2.82. The molecule has 0 aliphatic heterocycles. The topological polar surface area (TPSA) is 45.1 Å². The predicted molar refractivity (Wildman–Crippen MR) is 71.0 cm³/mol. The van der Waals surface area contributed by atoms with E-state index in [0.717, 1.165) is 18.8 Å². The van der Waals surface area contributed by atoms with Crippen LogP contribution in [-0.2, 0) is 6.54 Å². The van der Waals surface area contributed by atoms with Gasteiger partial charge in [0.05, 0.1) is 11.9 Å². The lowest BCUT2D eigenvalue weighted by Gasteiger charge is -2.04. The molecule has 17 heavy (non-hydrogen) atoms. The van der Waals surface area contributed by atoms with Gasteiger partial charge in [0.25, 0.3) is 0 Å². The number of unbranched alkanes of at least 4 members (excludes halogenated alkanes) is 5. The molecule has 0 aliphatic carbocycles. The number of hydrogen-bond acceptors (Lipinski definition) is 3. The van der Waals surface area contributed by atoms with E-state index in [1.807, 2.05) is 6.07 Å². The Morgan fingerprint density at radius 1 is 1.12 bits per heavy atom. The fraction of sp³-hybridized carbons (Fsp3) is 0.643. The minimum absolute atomic E-state index is 0.227. The smallest absolute Gasteiger partial charge is 0.133 e. The molecule has 0 bridgehead atoms. The molecule has 1 aromatic rings. The van der Waals surface area contributed by atoms with E-state index >= 15 is 0 Å². The van der Waals surface area contributed by atoms with Crippen LogP contribution in [0, 0.1) is 0 Å². The highest BCUT2D eigenvalue weighted by molar-refractivity contribution is 5.17. The number of pyridine rings is 1. The highest BCUT2D eigenvalue weighted by Gasteiger charge is 1.94. The Hall–Kier alpha value is -1.09. The first-order valence-corrected chi connectivity index (χ1v) is 6.67. The van der Waals surface area contributed by atoms with Crippen molar-refractivity contribution in [3.63, 3.8) is 0 Å². The first kappa shape index (κ1) is 14.0. The molecule has 0 unspecified atom stereocenters. The molecule has 0 fully saturated rings. The van der Waals surface area contributed by atoms with Gasteiger partial charge in [0.2, 0.25) is 0 Å². The lowest BCUT2D eigenvalue weighted by Crippen LogP contribution is -2.15. The normalized spacial score (nSPS) is 10.6. The Morgan fingerprint density at radius 3 is 2.59 bits per heavy atom. The zero-order chi connectivity index (χ0) is 12.3. The van der Waals surface area contributed by atoms with Crippen molar-refractivity contribution < 1.29 is 5.11 Å². The summed E-state index contributed by atoms with van der Waals surface area (Å²) < 4.78 is 0. The van der Waals surface area contributed by atoms with Gasteiger partial charge in [-0.2, -0.15) is 0 Å². The molecule has 3 heteroatoms. The predicted octanol–water partition coefficient (Wildman–Crippen LogP) is 3.24. The number of nitrogens with zero attached hydrogens (tertiary/aromatic N) is 1. The van der Waals surface area contributed by atoms with Gasteiger partial charge in [0.15, 0.2) is 0 Å². The summed E-state index contributed by atoms with van der Waals surface area (Å²) in [5.74, 6) is 0.227. The van der Waals surface area contributed by atoms with Gasteiger partial charge in [-0.05, 0) is 25.1 Å². The summed E-state index contributed by atoms with van der Waals surface area (Å²) in [5, 5.41) is 12.5. The Kier molecular flexibility index (Phi) is 7.39. The molecule has 1 aromatic heterocycles. The van der Waals surface area contributed by atoms with Crippen molar-refractivity contribution in [1.29, 1.82) is 0 Å². The molecule has 0 amide bonds. The highest BCUT2D eigenvalue weighted by atomic mass is 16.3. The van der Waals surface area contributed by atoms with Crippen LogP contribution in [0.3, 0.4) is 0 Å². The molecule has 1 heterocycles. The molecule has 1 rings (SSSR count). The molecular weight excluding hydrogens is 212 g/mol. The van der Waals surface area contributed by atoms with Gasteiger partial charge in [0, 0.05) is 6.54 Å². The number of aromatic nitrogens is 1. The Balaban J connectivity index is 1.95. The van der Waals surface area contributed by atoms with Gasteiger partial charge in [-0.3, -0.25) is 4.98 Å². The van der Waals surface area contributed by atoms with E-state index in [9.17, 15) is 0 Å². The lowest BCUT2D eigenvalue weighted by molar-refractivity contribution is 0.471. The first-order valence-electron chi connectivity index (χ1n) is 6.67. The molecule has 0 saturated heterocycles. The molecular formula is C14H24N2O. The van der Waals surface area contributed by atoms with Gasteiger partial charge in [0.1, 0.15) is 5.75 Å². The van der Waals surface area contributed by atoms with Crippen LogP contribution in [-0.4, -0.2) is 16.6 Å². The van der Waals surface area contributed by atoms with E-state index in [0.29, 0.717) is 0 Å². The average molecular weight is 236 g/mol. The van der Waals surface area contributed by atoms with Crippen LogP contribution in [0.15, 0.2) is 18.3 Å². The van der Waals surface area contributed by atoms with Crippen LogP contribution in [0.4, 0.5) is 0 Å². The molecule has 96 valence electrons. The quantitative estimate of drug-likeness (QED) is 0.647. The Morgan fingerprint density at radius 2 is 1.88 bits per heavy atom. The summed E-state index contributed by atoms with van der Waals surface area (Å²) in [6.07, 6.45) is 9.44. The lowest BCUT2D eigenvalue weighted by atomic mass is 10.1. The van der Waals surface area contributed by atoms with Crippen molar-refractivity contribution in [2.75, 3.05) is 6.54 Å². The van der Waals surface area contributed by atoms with Crippen LogP contribution in [0.5, 0.6) is 5.75 Å². The molecule has 0 saturated carbocycles. The second-order valence-corrected chi connectivity index (χ2v) is 4.45. The second-order valence-electron chi connectivity index (χ2n) is 4.45. The summed E-state index contributed by atoms with van der Waals surface area (Å²) in [4.78, 5) is 4.12. The highest BCUT2D eigenvalue weighted by Crippen LogP contribution is 2.06. The van der Waals surface area contributed by atoms with E-state index in [-0.39, 0.29) is 5.75 Å². The van der Waals surface area contributed by atoms with E-state index in [4.69, 9.17) is 5.11 Å². The SMILES string of the molecule is CCCCCCCCNCc1ccc(O)cn1. The monoisotopic (exact) mass is 236 g/mol. The number of rotatable bonds is 9. The van der Waals surface area contributed by atoms with Gasteiger partial charge >= 0.3 is 0 Å². The zero-order valence-electron chi connectivity index (χ0n) is 10.8. The van der Waals surface area contributed by atoms with Gasteiger partial charge in [-0.1, -0.05) is 39.0 Å². The molecule has 0 aromatic carbocycles. The molecule has 0 radical (unpaired) electrons. The van der Waals surface area contributed by atoms with Crippen molar-refractivity contribution in [3.8, 4) is 5.75 Å². The largest absolute Gasteiger partial charge is 0.506 e. The number of hydrogen-bond donors (Lipinski definition) is 2. The van der Waals surface area contributed by atoms with Crippen molar-refractivity contribution in [3.05, 3.63) is 24.0 Å². The summed E-state index contributed by atoms with van der Waals surface area (Å²) in [6, 6.07) is 3.53. The van der Waals surface area contributed by atoms with E-state index in [1.54, 1.807) is 6.07 Å². The van der Waals surface area contributed by atoms with Crippen LogP contribution >= 0.6 is 0 Å².